The molecule has 42 heavy (non-hydrogen) atoms. The van der Waals surface area contributed by atoms with Crippen LogP contribution in [0, 0.1) is 0 Å². The van der Waals surface area contributed by atoms with Crippen LogP contribution in [0.1, 0.15) is 56.0 Å². The van der Waals surface area contributed by atoms with Crippen LogP contribution in [0.3, 0.4) is 0 Å². The van der Waals surface area contributed by atoms with Crippen LogP contribution in [0.25, 0.3) is 10.9 Å². The van der Waals surface area contributed by atoms with Gasteiger partial charge in [0.25, 0.3) is 0 Å². The summed E-state index contributed by atoms with van der Waals surface area (Å²) in [6.07, 6.45) is -1.32. The molecule has 0 unspecified atom stereocenters. The van der Waals surface area contributed by atoms with E-state index in [0.29, 0.717) is 37.4 Å². The minimum Gasteiger partial charge on any atom is -0.489 e. The van der Waals surface area contributed by atoms with Crippen LogP contribution < -0.4 is 9.64 Å². The number of halogens is 3. The van der Waals surface area contributed by atoms with Crippen LogP contribution in [-0.2, 0) is 46.6 Å². The molecule has 0 spiro atoms. The molecule has 1 fully saturated rings. The quantitative estimate of drug-likeness (QED) is 0.342. The lowest BCUT2D eigenvalue weighted by molar-refractivity contribution is -0.141. The van der Waals surface area contributed by atoms with Gasteiger partial charge in [0.1, 0.15) is 30.3 Å². The van der Waals surface area contributed by atoms with Crippen molar-refractivity contribution >= 4 is 28.8 Å². The minimum absolute atomic E-state index is 0.0378. The predicted octanol–water partition coefficient (Wildman–Crippen LogP) is 5.70. The summed E-state index contributed by atoms with van der Waals surface area (Å²) >= 11 is 0. The first-order chi connectivity index (χ1) is 19.8. The summed E-state index contributed by atoms with van der Waals surface area (Å²) in [6, 6.07) is 6.45. The second-order valence-electron chi connectivity index (χ2n) is 11.6. The molecule has 2 aromatic heterocycles. The van der Waals surface area contributed by atoms with Crippen molar-refractivity contribution in [3.8, 4) is 5.75 Å². The molecular formula is C30H35F3N4O5. The Balaban J connectivity index is 1.41. The van der Waals surface area contributed by atoms with E-state index >= 15 is 0 Å². The number of ether oxygens (including phenoxy) is 3. The Morgan fingerprint density at radius 2 is 1.79 bits per heavy atom. The molecule has 9 nitrogen and oxygen atoms in total. The van der Waals surface area contributed by atoms with Gasteiger partial charge in [-0.05, 0) is 69.9 Å². The van der Waals surface area contributed by atoms with Crippen LogP contribution in [0.4, 0.5) is 23.8 Å². The number of aromatic nitrogens is 2. The Morgan fingerprint density at radius 1 is 1.05 bits per heavy atom. The van der Waals surface area contributed by atoms with Gasteiger partial charge < -0.3 is 28.6 Å². The van der Waals surface area contributed by atoms with Crippen molar-refractivity contribution in [3.63, 3.8) is 0 Å². The van der Waals surface area contributed by atoms with E-state index < -0.39 is 29.4 Å². The number of benzene rings is 1. The van der Waals surface area contributed by atoms with Gasteiger partial charge in [0.05, 0.1) is 19.2 Å². The van der Waals surface area contributed by atoms with Gasteiger partial charge in [-0.3, -0.25) is 4.79 Å². The van der Waals surface area contributed by atoms with E-state index in [-0.39, 0.29) is 25.5 Å². The zero-order valence-electron chi connectivity index (χ0n) is 24.2. The normalized spacial score (nSPS) is 15.6. The van der Waals surface area contributed by atoms with Gasteiger partial charge in [0.15, 0.2) is 0 Å². The van der Waals surface area contributed by atoms with Crippen molar-refractivity contribution < 1.29 is 37.0 Å². The van der Waals surface area contributed by atoms with Crippen LogP contribution in [0.5, 0.6) is 5.75 Å². The zero-order chi connectivity index (χ0) is 30.2. The number of fused-ring (bicyclic) bond motifs is 3. The fraction of sp³-hybridized carbons (Fsp3) is 0.500. The first-order valence-corrected chi connectivity index (χ1v) is 14.0. The molecule has 226 valence electrons. The molecule has 1 aromatic carbocycles. The van der Waals surface area contributed by atoms with E-state index in [4.69, 9.17) is 14.2 Å². The van der Waals surface area contributed by atoms with Crippen molar-refractivity contribution in [3.05, 3.63) is 52.8 Å². The molecule has 2 aliphatic rings. The summed E-state index contributed by atoms with van der Waals surface area (Å²) in [6.45, 7) is 7.07. The number of carbonyl (C=O) groups excluding carboxylic acids is 2. The summed E-state index contributed by atoms with van der Waals surface area (Å²) in [5.74, 6) is -0.00815. The van der Waals surface area contributed by atoms with Crippen molar-refractivity contribution in [1.82, 2.24) is 14.5 Å². The third-order valence-electron chi connectivity index (χ3n) is 7.44. The van der Waals surface area contributed by atoms with E-state index in [0.717, 1.165) is 41.1 Å². The number of amides is 1. The molecule has 0 aliphatic carbocycles. The molecule has 1 amide bonds. The molecule has 3 aromatic rings. The summed E-state index contributed by atoms with van der Waals surface area (Å²) in [5, 5.41) is 0.841. The standard InChI is InChI=1S/C30H35F3N4O5/c1-29(2,3)42-28(39)36-12-9-21-22-14-20(7-8-24(22)37(25(21)16-36)17-26(38)40-4)41-18-19-13-23(30(31,32)33)27(34-15-19)35-10-5-6-11-35/h7-8,13-15H,5-6,9-12,16-18H2,1-4H3. The number of hydrogen-bond acceptors (Lipinski definition) is 7. The van der Waals surface area contributed by atoms with Crippen LogP contribution in [-0.4, -0.2) is 58.9 Å². The third kappa shape index (κ3) is 6.27. The Hall–Kier alpha value is -3.96. The highest BCUT2D eigenvalue weighted by atomic mass is 19.4. The minimum atomic E-state index is -4.53. The maximum Gasteiger partial charge on any atom is 0.419 e. The van der Waals surface area contributed by atoms with E-state index in [9.17, 15) is 22.8 Å². The van der Waals surface area contributed by atoms with E-state index in [1.165, 1.54) is 13.3 Å². The number of alkyl halides is 3. The second-order valence-corrected chi connectivity index (χ2v) is 11.6. The number of hydrogen-bond donors (Lipinski definition) is 0. The summed E-state index contributed by atoms with van der Waals surface area (Å²) in [7, 11) is 1.32. The fourth-order valence-corrected chi connectivity index (χ4v) is 5.50. The molecule has 4 heterocycles. The molecule has 0 bridgehead atoms. The number of esters is 1. The zero-order valence-corrected chi connectivity index (χ0v) is 24.2. The van der Waals surface area contributed by atoms with Gasteiger partial charge >= 0.3 is 18.2 Å². The van der Waals surface area contributed by atoms with Crippen molar-refractivity contribution in [2.24, 2.45) is 0 Å². The van der Waals surface area contributed by atoms with E-state index in [1.54, 1.807) is 42.7 Å². The average Bonchev–Trinajstić information content (AvgIpc) is 3.57. The SMILES string of the molecule is COC(=O)Cn1c2c(c3cc(OCc4cnc(N5CCCC5)c(C(F)(F)F)c4)ccc31)CCN(C(=O)OC(C)(C)C)C2. The molecular weight excluding hydrogens is 553 g/mol. The maximum atomic E-state index is 13.9. The lowest BCUT2D eigenvalue weighted by atomic mass is 10.0. The topological polar surface area (TPSA) is 86.1 Å². The monoisotopic (exact) mass is 588 g/mol. The van der Waals surface area contributed by atoms with Gasteiger partial charge in [0, 0.05) is 48.0 Å². The summed E-state index contributed by atoms with van der Waals surface area (Å²) in [5.41, 5.74) is 1.43. The molecule has 5 rings (SSSR count). The number of carbonyl (C=O) groups is 2. The van der Waals surface area contributed by atoms with Crippen LogP contribution >= 0.6 is 0 Å². The fourth-order valence-electron chi connectivity index (χ4n) is 5.50. The number of methoxy groups -OCH3 is 1. The number of nitrogens with zero attached hydrogens (tertiary/aromatic N) is 4. The smallest absolute Gasteiger partial charge is 0.419 e. The number of rotatable bonds is 6. The second kappa shape index (κ2) is 11.4. The first kappa shape index (κ1) is 29.5. The molecule has 0 atom stereocenters. The average molecular weight is 589 g/mol. The molecule has 0 radical (unpaired) electrons. The third-order valence-corrected chi connectivity index (χ3v) is 7.44. The highest BCUT2D eigenvalue weighted by Crippen LogP contribution is 2.38. The Bertz CT molecular complexity index is 1490. The Morgan fingerprint density at radius 3 is 2.45 bits per heavy atom. The first-order valence-electron chi connectivity index (χ1n) is 14.0. The largest absolute Gasteiger partial charge is 0.489 e. The highest BCUT2D eigenvalue weighted by Gasteiger charge is 2.37. The molecule has 12 heteroatoms. The Labute approximate surface area is 242 Å². The summed E-state index contributed by atoms with van der Waals surface area (Å²) in [4.78, 5) is 32.5. The van der Waals surface area contributed by atoms with Gasteiger partial charge in [-0.15, -0.1) is 0 Å². The van der Waals surface area contributed by atoms with Gasteiger partial charge in [-0.2, -0.15) is 13.2 Å². The molecule has 2 aliphatic heterocycles. The summed E-state index contributed by atoms with van der Waals surface area (Å²) < 4.78 is 59.9. The number of pyridine rings is 1. The van der Waals surface area contributed by atoms with E-state index in [1.807, 2.05) is 10.6 Å². The van der Waals surface area contributed by atoms with Crippen molar-refractivity contribution in [2.45, 2.75) is 71.5 Å². The van der Waals surface area contributed by atoms with Crippen LogP contribution in [0.15, 0.2) is 30.5 Å². The maximum absolute atomic E-state index is 13.9. The number of anilines is 1. The highest BCUT2D eigenvalue weighted by molar-refractivity contribution is 5.89. The lowest BCUT2D eigenvalue weighted by Crippen LogP contribution is -2.40. The molecule has 0 saturated carbocycles. The van der Waals surface area contributed by atoms with Crippen molar-refractivity contribution in [2.75, 3.05) is 31.6 Å². The molecule has 0 N–H and O–H groups in total. The van der Waals surface area contributed by atoms with Gasteiger partial charge in [-0.1, -0.05) is 0 Å². The molecule has 1 saturated heterocycles. The van der Waals surface area contributed by atoms with Crippen LogP contribution in [0.2, 0.25) is 0 Å². The van der Waals surface area contributed by atoms with Crippen molar-refractivity contribution in [1.29, 1.82) is 0 Å². The van der Waals surface area contributed by atoms with E-state index in [2.05, 4.69) is 4.98 Å². The van der Waals surface area contributed by atoms with Gasteiger partial charge in [-0.25, -0.2) is 9.78 Å². The lowest BCUT2D eigenvalue weighted by Gasteiger charge is -2.31. The predicted molar refractivity (Wildman–Crippen MR) is 149 cm³/mol. The Kier molecular flexibility index (Phi) is 8.00. The van der Waals surface area contributed by atoms with Gasteiger partial charge in [0.2, 0.25) is 0 Å².